The summed E-state index contributed by atoms with van der Waals surface area (Å²) < 4.78 is 10.9. The second-order valence-electron chi connectivity index (χ2n) is 7.71. The highest BCUT2D eigenvalue weighted by molar-refractivity contribution is 5.85. The first-order chi connectivity index (χ1) is 14.2. The Morgan fingerprint density at radius 1 is 1.24 bits per heavy atom. The molecule has 29 heavy (non-hydrogen) atoms. The molecule has 0 aromatic heterocycles. The molecule has 2 atom stereocenters. The van der Waals surface area contributed by atoms with Crippen LogP contribution in [0.3, 0.4) is 0 Å². The number of rotatable bonds is 7. The Morgan fingerprint density at radius 2 is 2.00 bits per heavy atom. The van der Waals surface area contributed by atoms with E-state index in [1.807, 2.05) is 35.2 Å². The van der Waals surface area contributed by atoms with Crippen LogP contribution >= 0.6 is 0 Å². The Labute approximate surface area is 174 Å². The molecule has 2 saturated heterocycles. The number of nitrogens with one attached hydrogen (secondary N) is 1. The van der Waals surface area contributed by atoms with Crippen LogP contribution < -0.4 is 5.32 Å². The molecule has 2 unspecified atom stereocenters. The van der Waals surface area contributed by atoms with Gasteiger partial charge in [0, 0.05) is 45.8 Å². The number of hydrogen-bond acceptors (Lipinski definition) is 4. The fourth-order valence-corrected chi connectivity index (χ4v) is 3.86. The summed E-state index contributed by atoms with van der Waals surface area (Å²) in [7, 11) is 2.06. The summed E-state index contributed by atoms with van der Waals surface area (Å²) in [5, 5.41) is 3.37. The number of carbonyl (C=O) groups excluding carboxylic acids is 1. The third-order valence-corrected chi connectivity index (χ3v) is 5.50. The van der Waals surface area contributed by atoms with Gasteiger partial charge in [-0.2, -0.15) is 0 Å². The summed E-state index contributed by atoms with van der Waals surface area (Å²) in [6, 6.07) is 9.98. The predicted molar refractivity (Wildman–Crippen MR) is 114 cm³/mol. The van der Waals surface area contributed by atoms with E-state index in [9.17, 15) is 4.79 Å². The number of carbonyl (C=O) groups is 1. The van der Waals surface area contributed by atoms with E-state index in [1.54, 1.807) is 0 Å². The lowest BCUT2D eigenvalue weighted by atomic mass is 9.97. The van der Waals surface area contributed by atoms with Gasteiger partial charge in [-0.1, -0.05) is 30.3 Å². The summed E-state index contributed by atoms with van der Waals surface area (Å²) in [6.45, 7) is 8.33. The Morgan fingerprint density at radius 3 is 2.66 bits per heavy atom. The SMILES string of the molecule is CCNC(=NCC(C(=O)N1CCOCC1)c1ccccc1)N(C)CC1CCOC1. The molecule has 3 rings (SSSR count). The number of morpholine rings is 1. The molecule has 2 aliphatic rings. The van der Waals surface area contributed by atoms with Crippen LogP contribution in [0.25, 0.3) is 0 Å². The molecule has 1 aromatic rings. The molecular weight excluding hydrogens is 368 g/mol. The summed E-state index contributed by atoms with van der Waals surface area (Å²) in [5.74, 6) is 1.22. The van der Waals surface area contributed by atoms with E-state index in [4.69, 9.17) is 14.5 Å². The number of nitrogens with zero attached hydrogens (tertiary/aromatic N) is 3. The summed E-state index contributed by atoms with van der Waals surface area (Å²) in [6.07, 6.45) is 1.09. The zero-order valence-electron chi connectivity index (χ0n) is 17.7. The third-order valence-electron chi connectivity index (χ3n) is 5.50. The summed E-state index contributed by atoms with van der Waals surface area (Å²) in [4.78, 5) is 22.2. The maximum Gasteiger partial charge on any atom is 0.232 e. The summed E-state index contributed by atoms with van der Waals surface area (Å²) >= 11 is 0. The first-order valence-electron chi connectivity index (χ1n) is 10.7. The van der Waals surface area contributed by atoms with Gasteiger partial charge in [-0.25, -0.2) is 0 Å². The quantitative estimate of drug-likeness (QED) is 0.554. The van der Waals surface area contributed by atoms with E-state index in [0.29, 0.717) is 38.8 Å². The van der Waals surface area contributed by atoms with Gasteiger partial charge in [-0.15, -0.1) is 0 Å². The standard InChI is InChI=1S/C22H34N4O3/c1-3-23-22(25(2)16-18-9-12-29-17-18)24-15-20(19-7-5-4-6-8-19)21(27)26-10-13-28-14-11-26/h4-8,18,20H,3,9-17H2,1-2H3,(H,23,24). The maximum atomic E-state index is 13.3. The average Bonchev–Trinajstić information content (AvgIpc) is 3.27. The number of amides is 1. The van der Waals surface area contributed by atoms with Crippen LogP contribution in [0.2, 0.25) is 0 Å². The molecule has 2 aliphatic heterocycles. The molecule has 1 amide bonds. The lowest BCUT2D eigenvalue weighted by Crippen LogP contribution is -2.44. The van der Waals surface area contributed by atoms with Crippen molar-refractivity contribution in [1.29, 1.82) is 0 Å². The van der Waals surface area contributed by atoms with Crippen molar-refractivity contribution in [1.82, 2.24) is 15.1 Å². The molecule has 0 radical (unpaired) electrons. The van der Waals surface area contributed by atoms with Gasteiger partial charge in [0.15, 0.2) is 5.96 Å². The Balaban J connectivity index is 1.74. The van der Waals surface area contributed by atoms with Crippen LogP contribution in [0.5, 0.6) is 0 Å². The highest BCUT2D eigenvalue weighted by Crippen LogP contribution is 2.20. The first kappa shape index (κ1) is 21.6. The zero-order chi connectivity index (χ0) is 20.5. The second-order valence-corrected chi connectivity index (χ2v) is 7.71. The minimum atomic E-state index is -0.286. The maximum absolute atomic E-state index is 13.3. The fraction of sp³-hybridized carbons (Fsp3) is 0.636. The van der Waals surface area contributed by atoms with Crippen molar-refractivity contribution in [3.05, 3.63) is 35.9 Å². The number of aliphatic imine (C=N–C) groups is 1. The molecule has 0 spiro atoms. The minimum absolute atomic E-state index is 0.131. The van der Waals surface area contributed by atoms with Crippen molar-refractivity contribution in [3.8, 4) is 0 Å². The number of benzene rings is 1. The van der Waals surface area contributed by atoms with Gasteiger partial charge in [0.25, 0.3) is 0 Å². The van der Waals surface area contributed by atoms with Crippen molar-refractivity contribution >= 4 is 11.9 Å². The molecule has 7 heteroatoms. The topological polar surface area (TPSA) is 66.4 Å². The van der Waals surface area contributed by atoms with Gasteiger partial charge >= 0.3 is 0 Å². The lowest BCUT2D eigenvalue weighted by Gasteiger charge is -2.30. The van der Waals surface area contributed by atoms with Gasteiger partial charge in [0.2, 0.25) is 5.91 Å². The number of ether oxygens (including phenoxy) is 2. The number of guanidine groups is 1. The second kappa shape index (κ2) is 11.2. The van der Waals surface area contributed by atoms with Gasteiger partial charge in [0.1, 0.15) is 0 Å². The van der Waals surface area contributed by atoms with E-state index < -0.39 is 0 Å². The molecular formula is C22H34N4O3. The minimum Gasteiger partial charge on any atom is -0.381 e. The zero-order valence-corrected chi connectivity index (χ0v) is 17.7. The van der Waals surface area contributed by atoms with E-state index >= 15 is 0 Å². The van der Waals surface area contributed by atoms with Gasteiger partial charge in [0.05, 0.1) is 32.3 Å². The summed E-state index contributed by atoms with van der Waals surface area (Å²) in [5.41, 5.74) is 1.01. The van der Waals surface area contributed by atoms with Crippen LogP contribution in [0.4, 0.5) is 0 Å². The Bertz CT molecular complexity index is 655. The largest absolute Gasteiger partial charge is 0.381 e. The van der Waals surface area contributed by atoms with E-state index in [0.717, 1.165) is 44.2 Å². The van der Waals surface area contributed by atoms with E-state index in [-0.39, 0.29) is 11.8 Å². The number of hydrogen-bond donors (Lipinski definition) is 1. The van der Waals surface area contributed by atoms with Crippen LogP contribution in [0.15, 0.2) is 35.3 Å². The van der Waals surface area contributed by atoms with Crippen LogP contribution in [0.1, 0.15) is 24.8 Å². The molecule has 7 nitrogen and oxygen atoms in total. The molecule has 2 fully saturated rings. The monoisotopic (exact) mass is 402 g/mol. The molecule has 1 N–H and O–H groups in total. The van der Waals surface area contributed by atoms with Gasteiger partial charge < -0.3 is 24.6 Å². The third kappa shape index (κ3) is 6.18. The molecule has 0 aliphatic carbocycles. The van der Waals surface area contributed by atoms with Crippen molar-refractivity contribution in [2.75, 3.05) is 66.2 Å². The normalized spacial score (nSPS) is 21.1. The van der Waals surface area contributed by atoms with Crippen molar-refractivity contribution in [3.63, 3.8) is 0 Å². The lowest BCUT2D eigenvalue weighted by molar-refractivity contribution is -0.136. The van der Waals surface area contributed by atoms with Gasteiger partial charge in [-0.05, 0) is 18.9 Å². The highest BCUT2D eigenvalue weighted by atomic mass is 16.5. The van der Waals surface area contributed by atoms with E-state index in [2.05, 4.69) is 24.2 Å². The fourth-order valence-electron chi connectivity index (χ4n) is 3.86. The predicted octanol–water partition coefficient (Wildman–Crippen LogP) is 1.56. The molecule has 0 bridgehead atoms. The molecule has 2 heterocycles. The molecule has 160 valence electrons. The Kier molecular flexibility index (Phi) is 8.31. The van der Waals surface area contributed by atoms with Crippen molar-refractivity contribution in [2.45, 2.75) is 19.3 Å². The van der Waals surface area contributed by atoms with Crippen LogP contribution in [-0.4, -0.2) is 87.9 Å². The molecule has 0 saturated carbocycles. The van der Waals surface area contributed by atoms with Gasteiger partial charge in [-0.3, -0.25) is 9.79 Å². The first-order valence-corrected chi connectivity index (χ1v) is 10.7. The Hall–Kier alpha value is -2.12. The van der Waals surface area contributed by atoms with Crippen molar-refractivity contribution in [2.24, 2.45) is 10.9 Å². The smallest absolute Gasteiger partial charge is 0.232 e. The van der Waals surface area contributed by atoms with Crippen molar-refractivity contribution < 1.29 is 14.3 Å². The average molecular weight is 403 g/mol. The van der Waals surface area contributed by atoms with Crippen LogP contribution in [-0.2, 0) is 14.3 Å². The van der Waals surface area contributed by atoms with E-state index in [1.165, 1.54) is 0 Å². The van der Waals surface area contributed by atoms with Crippen LogP contribution in [0, 0.1) is 5.92 Å². The molecule has 1 aromatic carbocycles. The highest BCUT2D eigenvalue weighted by Gasteiger charge is 2.27.